The minimum Gasteiger partial charge on any atom is -0.507 e. The van der Waals surface area contributed by atoms with Crippen LogP contribution in [-0.4, -0.2) is 78.0 Å². The van der Waals surface area contributed by atoms with Crippen LogP contribution < -0.4 is 9.47 Å². The Bertz CT molecular complexity index is 1080. The van der Waals surface area contributed by atoms with E-state index in [1.807, 2.05) is 19.0 Å². The van der Waals surface area contributed by atoms with Crippen molar-refractivity contribution < 1.29 is 24.2 Å². The highest BCUT2D eigenvalue weighted by molar-refractivity contribution is 6.46. The first-order chi connectivity index (χ1) is 15.2. The van der Waals surface area contributed by atoms with E-state index in [1.54, 1.807) is 32.0 Å². The van der Waals surface area contributed by atoms with E-state index >= 15 is 0 Å². The molecule has 1 aliphatic rings. The summed E-state index contributed by atoms with van der Waals surface area (Å²) in [7, 11) is 6.81. The van der Waals surface area contributed by atoms with Crippen molar-refractivity contribution in [3.63, 3.8) is 0 Å². The molecule has 0 aliphatic carbocycles. The number of aliphatic hydroxyl groups excluding tert-OH is 1. The van der Waals surface area contributed by atoms with Crippen molar-refractivity contribution in [3.05, 3.63) is 52.6 Å². The Morgan fingerprint density at radius 3 is 2.44 bits per heavy atom. The van der Waals surface area contributed by atoms with Crippen LogP contribution in [0.3, 0.4) is 0 Å². The van der Waals surface area contributed by atoms with E-state index in [-0.39, 0.29) is 11.3 Å². The van der Waals surface area contributed by atoms with Gasteiger partial charge in [-0.3, -0.25) is 9.59 Å². The summed E-state index contributed by atoms with van der Waals surface area (Å²) in [5, 5.41) is 11.2. The molecule has 9 heteroatoms. The lowest BCUT2D eigenvalue weighted by Crippen LogP contribution is -2.35. The Morgan fingerprint density at radius 2 is 1.84 bits per heavy atom. The number of nitrogens with zero attached hydrogens (tertiary/aromatic N) is 4. The average molecular weight is 441 g/mol. The molecule has 1 N–H and O–H groups in total. The van der Waals surface area contributed by atoms with Gasteiger partial charge in [0, 0.05) is 19.3 Å². The van der Waals surface area contributed by atoms with Gasteiger partial charge in [0.25, 0.3) is 11.7 Å². The van der Waals surface area contributed by atoms with Gasteiger partial charge in [-0.05, 0) is 45.6 Å². The molecule has 1 aromatic carbocycles. The smallest absolute Gasteiger partial charge is 0.295 e. The van der Waals surface area contributed by atoms with E-state index < -0.39 is 17.7 Å². The highest BCUT2D eigenvalue weighted by atomic mass is 16.5. The second-order valence-electron chi connectivity index (χ2n) is 7.83. The molecule has 170 valence electrons. The maximum atomic E-state index is 13.1. The van der Waals surface area contributed by atoms with Gasteiger partial charge >= 0.3 is 0 Å². The maximum Gasteiger partial charge on any atom is 0.295 e. The SMILES string of the molecule is COc1ccc([C@@H]2C(=C(O)c3cnc(C)nc3C)C(=O)C(=O)N2CCN(C)C)cc1OC. The van der Waals surface area contributed by atoms with Crippen LogP contribution in [0.15, 0.2) is 30.0 Å². The maximum absolute atomic E-state index is 13.1. The predicted molar refractivity (Wildman–Crippen MR) is 119 cm³/mol. The van der Waals surface area contributed by atoms with E-state index in [4.69, 9.17) is 9.47 Å². The van der Waals surface area contributed by atoms with Crippen molar-refractivity contribution in [2.75, 3.05) is 41.4 Å². The van der Waals surface area contributed by atoms with Gasteiger partial charge in [-0.25, -0.2) is 9.97 Å². The molecule has 1 aliphatic heterocycles. The third kappa shape index (κ3) is 4.29. The van der Waals surface area contributed by atoms with Gasteiger partial charge in [-0.1, -0.05) is 6.07 Å². The van der Waals surface area contributed by atoms with Crippen molar-refractivity contribution in [2.45, 2.75) is 19.9 Å². The van der Waals surface area contributed by atoms with Crippen LogP contribution in [0.5, 0.6) is 11.5 Å². The number of amides is 1. The third-order valence-electron chi connectivity index (χ3n) is 5.41. The first kappa shape index (κ1) is 23.2. The fourth-order valence-electron chi connectivity index (χ4n) is 3.75. The first-order valence-electron chi connectivity index (χ1n) is 10.1. The monoisotopic (exact) mass is 440 g/mol. The van der Waals surface area contributed by atoms with Gasteiger partial charge in [-0.15, -0.1) is 0 Å². The normalized spacial score (nSPS) is 17.8. The number of ether oxygens (including phenoxy) is 2. The summed E-state index contributed by atoms with van der Waals surface area (Å²) in [6.07, 6.45) is 1.46. The number of hydrogen-bond acceptors (Lipinski definition) is 8. The quantitative estimate of drug-likeness (QED) is 0.396. The summed E-state index contributed by atoms with van der Waals surface area (Å²) >= 11 is 0. The highest BCUT2D eigenvalue weighted by Gasteiger charge is 2.46. The summed E-state index contributed by atoms with van der Waals surface area (Å²) in [5.74, 6) is -0.197. The van der Waals surface area contributed by atoms with Crippen LogP contribution in [0.4, 0.5) is 0 Å². The summed E-state index contributed by atoms with van der Waals surface area (Å²) in [5.41, 5.74) is 1.44. The van der Waals surface area contributed by atoms with E-state index in [2.05, 4.69) is 9.97 Å². The third-order valence-corrected chi connectivity index (χ3v) is 5.41. The van der Waals surface area contributed by atoms with Crippen LogP contribution in [0.1, 0.15) is 28.7 Å². The molecule has 0 radical (unpaired) electrons. The van der Waals surface area contributed by atoms with E-state index in [0.29, 0.717) is 47.2 Å². The number of carbonyl (C=O) groups is 2. The van der Waals surface area contributed by atoms with Gasteiger partial charge in [0.2, 0.25) is 0 Å². The number of benzene rings is 1. The molecule has 32 heavy (non-hydrogen) atoms. The number of hydrogen-bond donors (Lipinski definition) is 1. The Morgan fingerprint density at radius 1 is 1.16 bits per heavy atom. The number of carbonyl (C=O) groups excluding carboxylic acids is 2. The van der Waals surface area contributed by atoms with E-state index in [9.17, 15) is 14.7 Å². The fraction of sp³-hybridized carbons (Fsp3) is 0.391. The zero-order valence-corrected chi connectivity index (χ0v) is 19.2. The number of methoxy groups -OCH3 is 2. The average Bonchev–Trinajstić information content (AvgIpc) is 3.01. The van der Waals surface area contributed by atoms with E-state index in [0.717, 1.165) is 0 Å². The second kappa shape index (κ2) is 9.35. The van der Waals surface area contributed by atoms with E-state index in [1.165, 1.54) is 25.3 Å². The van der Waals surface area contributed by atoms with Gasteiger partial charge in [0.05, 0.1) is 37.1 Å². The number of likely N-dealkylation sites (N-methyl/N-ethyl adjacent to an activating group) is 1. The molecule has 3 rings (SSSR count). The molecule has 9 nitrogen and oxygen atoms in total. The van der Waals surface area contributed by atoms with Gasteiger partial charge < -0.3 is 24.4 Å². The molecule has 1 aromatic heterocycles. The zero-order chi connectivity index (χ0) is 23.6. The number of likely N-dealkylation sites (tertiary alicyclic amines) is 1. The molecule has 0 unspecified atom stereocenters. The molecule has 2 heterocycles. The Hall–Kier alpha value is -3.46. The highest BCUT2D eigenvalue weighted by Crippen LogP contribution is 2.42. The topological polar surface area (TPSA) is 105 Å². The summed E-state index contributed by atoms with van der Waals surface area (Å²) in [4.78, 5) is 37.9. The molecule has 1 amide bonds. The summed E-state index contributed by atoms with van der Waals surface area (Å²) in [6, 6.07) is 4.38. The number of ketones is 1. The first-order valence-corrected chi connectivity index (χ1v) is 10.1. The lowest BCUT2D eigenvalue weighted by atomic mass is 9.95. The molecule has 2 aromatic rings. The molecule has 0 saturated carbocycles. The van der Waals surface area contributed by atoms with Crippen molar-refractivity contribution in [3.8, 4) is 11.5 Å². The second-order valence-corrected chi connectivity index (χ2v) is 7.83. The van der Waals surface area contributed by atoms with Crippen LogP contribution in [0.25, 0.3) is 5.76 Å². The Labute approximate surface area is 187 Å². The zero-order valence-electron chi connectivity index (χ0n) is 19.2. The van der Waals surface area contributed by atoms with Gasteiger partial charge in [-0.2, -0.15) is 0 Å². The fourth-order valence-corrected chi connectivity index (χ4v) is 3.75. The Kier molecular flexibility index (Phi) is 6.78. The van der Waals surface area contributed by atoms with Crippen molar-refractivity contribution >= 4 is 17.4 Å². The minimum absolute atomic E-state index is 0.00321. The predicted octanol–water partition coefficient (Wildman–Crippen LogP) is 2.09. The molecule has 0 bridgehead atoms. The molecular weight excluding hydrogens is 412 g/mol. The van der Waals surface area contributed by atoms with Crippen molar-refractivity contribution in [2.24, 2.45) is 0 Å². The number of aromatic nitrogens is 2. The number of Topliss-reactive ketones (excluding diaryl/α,β-unsaturated/α-hetero) is 1. The molecule has 0 spiro atoms. The lowest BCUT2D eigenvalue weighted by Gasteiger charge is -2.27. The molecular formula is C23H28N4O5. The van der Waals surface area contributed by atoms with Crippen LogP contribution >= 0.6 is 0 Å². The number of rotatable bonds is 7. The van der Waals surface area contributed by atoms with Crippen LogP contribution in [-0.2, 0) is 9.59 Å². The molecule has 1 fully saturated rings. The van der Waals surface area contributed by atoms with Crippen LogP contribution in [0.2, 0.25) is 0 Å². The lowest BCUT2D eigenvalue weighted by molar-refractivity contribution is -0.140. The Balaban J connectivity index is 2.21. The number of aliphatic hydroxyl groups is 1. The van der Waals surface area contributed by atoms with Gasteiger partial charge in [0.1, 0.15) is 11.6 Å². The van der Waals surface area contributed by atoms with Gasteiger partial charge in [0.15, 0.2) is 11.5 Å². The minimum atomic E-state index is -0.796. The molecule has 1 saturated heterocycles. The standard InChI is InChI=1S/C23H28N4O5/c1-13-16(12-24-14(2)25-13)21(28)19-20(15-7-8-17(31-5)18(11-15)32-6)27(10-9-26(3)4)23(30)22(19)29/h7-8,11-12,20,28H,9-10H2,1-6H3/t20-/m1/s1. The van der Waals surface area contributed by atoms with Crippen molar-refractivity contribution in [1.82, 2.24) is 19.8 Å². The largest absolute Gasteiger partial charge is 0.507 e. The van der Waals surface area contributed by atoms with Crippen LogP contribution in [0, 0.1) is 13.8 Å². The summed E-state index contributed by atoms with van der Waals surface area (Å²) < 4.78 is 10.7. The molecule has 1 atom stereocenters. The summed E-state index contributed by atoms with van der Waals surface area (Å²) in [6.45, 7) is 4.30. The number of aryl methyl sites for hydroxylation is 2. The van der Waals surface area contributed by atoms with Crippen molar-refractivity contribution in [1.29, 1.82) is 0 Å².